The number of hydrogen-bond acceptors (Lipinski definition) is 8. The van der Waals surface area contributed by atoms with E-state index in [-0.39, 0.29) is 47.1 Å². The third-order valence-electron chi connectivity index (χ3n) is 5.73. The Balaban J connectivity index is 1.84. The number of hydrogen-bond donors (Lipinski definition) is 2. The van der Waals surface area contributed by atoms with Gasteiger partial charge in [0.25, 0.3) is 0 Å². The fourth-order valence-corrected chi connectivity index (χ4v) is 3.98. The van der Waals surface area contributed by atoms with Crippen LogP contribution < -0.4 is 15.7 Å². The molecule has 0 aliphatic carbocycles. The van der Waals surface area contributed by atoms with E-state index in [1.807, 2.05) is 0 Å². The number of methoxy groups -OCH3 is 1. The number of benzene rings is 1. The van der Waals surface area contributed by atoms with Crippen LogP contribution in [0.1, 0.15) is 40.7 Å². The van der Waals surface area contributed by atoms with Crippen LogP contribution in [-0.4, -0.2) is 68.7 Å². The second-order valence-electron chi connectivity index (χ2n) is 7.89. The Kier molecular flexibility index (Phi) is 8.24. The minimum atomic E-state index is -0.724. The van der Waals surface area contributed by atoms with Gasteiger partial charge in [0.2, 0.25) is 5.91 Å². The average molecular weight is 447 g/mol. The first-order valence-corrected chi connectivity index (χ1v) is 10.8. The number of amides is 1. The van der Waals surface area contributed by atoms with Crippen molar-refractivity contribution in [3.05, 3.63) is 33.2 Å². The summed E-state index contributed by atoms with van der Waals surface area (Å²) in [5, 5.41) is 13.4. The molecule has 1 saturated heterocycles. The summed E-state index contributed by atoms with van der Waals surface area (Å²) >= 11 is 0. The standard InChI is InChI=1S/C23H30N2O7/c1-15-16(12-20(28)24-6-9-25-7-4-3-5-8-25)23(29)32-22-17(14-26)18(27)13-19(21(15)22)31-11-10-30-2/h13-14,27H,3-12H2,1-2H3,(H,24,28). The van der Waals surface area contributed by atoms with Crippen molar-refractivity contribution < 1.29 is 28.6 Å². The van der Waals surface area contributed by atoms with Gasteiger partial charge in [0.15, 0.2) is 11.9 Å². The van der Waals surface area contributed by atoms with Gasteiger partial charge in [0, 0.05) is 26.3 Å². The van der Waals surface area contributed by atoms with E-state index in [0.29, 0.717) is 30.4 Å². The number of carbonyl (C=O) groups excluding carboxylic acids is 2. The number of ether oxygens (including phenoxy) is 2. The molecule has 1 aliphatic heterocycles. The number of phenols is 1. The van der Waals surface area contributed by atoms with Crippen molar-refractivity contribution in [3.8, 4) is 11.5 Å². The summed E-state index contributed by atoms with van der Waals surface area (Å²) in [4.78, 5) is 39.0. The van der Waals surface area contributed by atoms with E-state index in [1.54, 1.807) is 6.92 Å². The maximum Gasteiger partial charge on any atom is 0.340 e. The van der Waals surface area contributed by atoms with E-state index in [1.165, 1.54) is 32.4 Å². The minimum Gasteiger partial charge on any atom is -0.507 e. The number of fused-ring (bicyclic) bond motifs is 1. The van der Waals surface area contributed by atoms with E-state index in [0.717, 1.165) is 19.6 Å². The van der Waals surface area contributed by atoms with Crippen molar-refractivity contribution in [2.75, 3.05) is 46.5 Å². The fraction of sp³-hybridized carbons (Fsp3) is 0.522. The van der Waals surface area contributed by atoms with E-state index in [9.17, 15) is 19.5 Å². The summed E-state index contributed by atoms with van der Waals surface area (Å²) in [6.07, 6.45) is 3.88. The molecule has 0 atom stereocenters. The minimum absolute atomic E-state index is 0.0656. The van der Waals surface area contributed by atoms with Crippen molar-refractivity contribution in [3.63, 3.8) is 0 Å². The molecule has 9 nitrogen and oxygen atoms in total. The van der Waals surface area contributed by atoms with Crippen LogP contribution in [0.4, 0.5) is 0 Å². The Bertz CT molecular complexity index is 1030. The second-order valence-corrected chi connectivity index (χ2v) is 7.89. The summed E-state index contributed by atoms with van der Waals surface area (Å²) < 4.78 is 16.0. The molecule has 32 heavy (non-hydrogen) atoms. The maximum atomic E-state index is 12.6. The molecule has 9 heteroatoms. The Morgan fingerprint density at radius 1 is 1.28 bits per heavy atom. The molecule has 2 heterocycles. The Labute approximate surface area is 186 Å². The van der Waals surface area contributed by atoms with Crippen molar-refractivity contribution in [2.24, 2.45) is 0 Å². The lowest BCUT2D eigenvalue weighted by atomic mass is 10.00. The van der Waals surface area contributed by atoms with E-state index in [2.05, 4.69) is 10.2 Å². The van der Waals surface area contributed by atoms with Crippen LogP contribution in [0.25, 0.3) is 11.0 Å². The highest BCUT2D eigenvalue weighted by molar-refractivity contribution is 6.02. The van der Waals surface area contributed by atoms with E-state index < -0.39 is 5.63 Å². The molecule has 2 N–H and O–H groups in total. The predicted octanol–water partition coefficient (Wildman–Crippen LogP) is 1.79. The predicted molar refractivity (Wildman–Crippen MR) is 119 cm³/mol. The molecule has 1 aromatic carbocycles. The number of nitrogens with zero attached hydrogens (tertiary/aromatic N) is 1. The largest absolute Gasteiger partial charge is 0.507 e. The van der Waals surface area contributed by atoms with Gasteiger partial charge in [-0.05, 0) is 38.4 Å². The number of nitrogens with one attached hydrogen (secondary N) is 1. The van der Waals surface area contributed by atoms with Gasteiger partial charge in [-0.1, -0.05) is 6.42 Å². The molecule has 1 fully saturated rings. The summed E-state index contributed by atoms with van der Waals surface area (Å²) in [7, 11) is 1.53. The molecule has 0 spiro atoms. The third kappa shape index (κ3) is 5.46. The molecule has 174 valence electrons. The Morgan fingerprint density at radius 3 is 2.72 bits per heavy atom. The SMILES string of the molecule is COCCOc1cc(O)c(C=O)c2oc(=O)c(CC(=O)NCCN3CCCCC3)c(C)c12. The monoisotopic (exact) mass is 446 g/mol. The lowest BCUT2D eigenvalue weighted by molar-refractivity contribution is -0.120. The fourth-order valence-electron chi connectivity index (χ4n) is 3.98. The van der Waals surface area contributed by atoms with E-state index in [4.69, 9.17) is 13.9 Å². The van der Waals surface area contributed by atoms with Crippen LogP contribution in [-0.2, 0) is 16.0 Å². The first-order valence-electron chi connectivity index (χ1n) is 10.8. The highest BCUT2D eigenvalue weighted by atomic mass is 16.5. The van der Waals surface area contributed by atoms with Crippen molar-refractivity contribution in [2.45, 2.75) is 32.6 Å². The highest BCUT2D eigenvalue weighted by Crippen LogP contribution is 2.36. The van der Waals surface area contributed by atoms with Crippen LogP contribution in [0.2, 0.25) is 0 Å². The summed E-state index contributed by atoms with van der Waals surface area (Å²) in [6, 6.07) is 1.30. The first-order chi connectivity index (χ1) is 15.5. The lowest BCUT2D eigenvalue weighted by Gasteiger charge is -2.26. The van der Waals surface area contributed by atoms with Gasteiger partial charge >= 0.3 is 5.63 Å². The van der Waals surface area contributed by atoms with Gasteiger partial charge in [-0.15, -0.1) is 0 Å². The number of piperidine rings is 1. The van der Waals surface area contributed by atoms with Crippen LogP contribution in [0, 0.1) is 6.92 Å². The van der Waals surface area contributed by atoms with Gasteiger partial charge in [-0.3, -0.25) is 9.59 Å². The Morgan fingerprint density at radius 2 is 2.03 bits per heavy atom. The molecule has 1 amide bonds. The normalized spacial score (nSPS) is 14.4. The van der Waals surface area contributed by atoms with Gasteiger partial charge in [-0.25, -0.2) is 4.79 Å². The molecule has 0 bridgehead atoms. The number of phenolic OH excluding ortho intramolecular Hbond substituents is 1. The van der Waals surface area contributed by atoms with Crippen molar-refractivity contribution in [1.29, 1.82) is 0 Å². The van der Waals surface area contributed by atoms with Crippen LogP contribution in [0.15, 0.2) is 15.3 Å². The van der Waals surface area contributed by atoms with Gasteiger partial charge < -0.3 is 29.2 Å². The number of aryl methyl sites for hydroxylation is 1. The summed E-state index contributed by atoms with van der Waals surface area (Å²) in [6.45, 7) is 5.53. The van der Waals surface area contributed by atoms with Gasteiger partial charge in [0.1, 0.15) is 18.1 Å². The quantitative estimate of drug-likeness (QED) is 0.322. The second kappa shape index (κ2) is 11.1. The van der Waals surface area contributed by atoms with E-state index >= 15 is 0 Å². The van der Waals surface area contributed by atoms with Gasteiger partial charge in [0.05, 0.1) is 29.5 Å². The number of aromatic hydroxyl groups is 1. The molecule has 0 unspecified atom stereocenters. The van der Waals surface area contributed by atoms with Gasteiger partial charge in [-0.2, -0.15) is 0 Å². The number of aldehydes is 1. The highest BCUT2D eigenvalue weighted by Gasteiger charge is 2.22. The molecule has 3 rings (SSSR count). The number of carbonyl (C=O) groups is 2. The zero-order chi connectivity index (χ0) is 23.1. The topological polar surface area (TPSA) is 118 Å². The molecule has 2 aromatic rings. The Hall–Kier alpha value is -2.91. The zero-order valence-electron chi connectivity index (χ0n) is 18.6. The number of likely N-dealkylation sites (tertiary alicyclic amines) is 1. The smallest absolute Gasteiger partial charge is 0.340 e. The zero-order valence-corrected chi connectivity index (χ0v) is 18.6. The first kappa shape index (κ1) is 23.7. The molecule has 1 aromatic heterocycles. The molecule has 1 aliphatic rings. The maximum absolute atomic E-state index is 12.6. The molecular formula is C23H30N2O7. The lowest BCUT2D eigenvalue weighted by Crippen LogP contribution is -2.38. The summed E-state index contributed by atoms with van der Waals surface area (Å²) in [5.41, 5.74) is -0.274. The van der Waals surface area contributed by atoms with Crippen molar-refractivity contribution in [1.82, 2.24) is 10.2 Å². The molecule has 0 radical (unpaired) electrons. The van der Waals surface area contributed by atoms with Crippen LogP contribution >= 0.6 is 0 Å². The van der Waals surface area contributed by atoms with Crippen molar-refractivity contribution >= 4 is 23.2 Å². The van der Waals surface area contributed by atoms with Crippen LogP contribution in [0.3, 0.4) is 0 Å². The third-order valence-corrected chi connectivity index (χ3v) is 5.73. The van der Waals surface area contributed by atoms with Crippen LogP contribution in [0.5, 0.6) is 11.5 Å². The molecular weight excluding hydrogens is 416 g/mol. The number of rotatable bonds is 10. The molecule has 0 saturated carbocycles. The summed E-state index contributed by atoms with van der Waals surface area (Å²) in [5.74, 6) is -0.396. The average Bonchev–Trinajstić information content (AvgIpc) is 2.77.